The Bertz CT molecular complexity index is 544. The highest BCUT2D eigenvalue weighted by Gasteiger charge is 2.16. The van der Waals surface area contributed by atoms with Crippen molar-refractivity contribution in [2.45, 2.75) is 59.0 Å². The zero-order valence-corrected chi connectivity index (χ0v) is 13.2. The molecule has 1 aromatic heterocycles. The largest absolute Gasteiger partial charge is 0.325 e. The summed E-state index contributed by atoms with van der Waals surface area (Å²) in [5, 5.41) is 3.58. The fourth-order valence-corrected chi connectivity index (χ4v) is 2.93. The average molecular weight is 273 g/mol. The van der Waals surface area contributed by atoms with E-state index in [2.05, 4.69) is 61.8 Å². The maximum Gasteiger partial charge on any atom is 0.109 e. The molecule has 2 aromatic rings. The molecule has 3 heteroatoms. The first kappa shape index (κ1) is 15.0. The van der Waals surface area contributed by atoms with Crippen LogP contribution < -0.4 is 5.32 Å². The molecule has 0 aliphatic carbocycles. The van der Waals surface area contributed by atoms with E-state index in [0.717, 1.165) is 24.9 Å². The quantitative estimate of drug-likeness (QED) is 0.828. The van der Waals surface area contributed by atoms with Gasteiger partial charge in [-0.05, 0) is 45.4 Å². The number of hydrogen-bond donors (Lipinski definition) is 1. The van der Waals surface area contributed by atoms with Crippen LogP contribution >= 0.6 is 0 Å². The number of rotatable bonds is 7. The zero-order valence-electron chi connectivity index (χ0n) is 13.2. The van der Waals surface area contributed by atoms with Gasteiger partial charge in [-0.2, -0.15) is 0 Å². The number of para-hydroxylation sites is 2. The molecule has 20 heavy (non-hydrogen) atoms. The van der Waals surface area contributed by atoms with E-state index in [9.17, 15) is 0 Å². The molecular weight excluding hydrogens is 246 g/mol. The van der Waals surface area contributed by atoms with Gasteiger partial charge in [0.2, 0.25) is 0 Å². The van der Waals surface area contributed by atoms with Gasteiger partial charge in [-0.1, -0.05) is 26.0 Å². The number of aryl methyl sites for hydroxylation is 1. The van der Waals surface area contributed by atoms with Crippen LogP contribution in [0.1, 0.15) is 52.4 Å². The Morgan fingerprint density at radius 3 is 2.65 bits per heavy atom. The topological polar surface area (TPSA) is 29.9 Å². The van der Waals surface area contributed by atoms with Crippen molar-refractivity contribution in [3.63, 3.8) is 0 Å². The summed E-state index contributed by atoms with van der Waals surface area (Å²) >= 11 is 0. The molecule has 2 unspecified atom stereocenters. The normalized spacial score (nSPS) is 14.6. The second-order valence-electron chi connectivity index (χ2n) is 5.68. The predicted molar refractivity (Wildman–Crippen MR) is 86.2 cm³/mol. The summed E-state index contributed by atoms with van der Waals surface area (Å²) in [6.45, 7) is 10.1. The van der Waals surface area contributed by atoms with E-state index in [1.807, 2.05) is 0 Å². The van der Waals surface area contributed by atoms with Gasteiger partial charge >= 0.3 is 0 Å². The summed E-state index contributed by atoms with van der Waals surface area (Å²) < 4.78 is 2.42. The van der Waals surface area contributed by atoms with E-state index >= 15 is 0 Å². The summed E-state index contributed by atoms with van der Waals surface area (Å²) in [4.78, 5) is 4.76. The molecule has 110 valence electrons. The van der Waals surface area contributed by atoms with Crippen molar-refractivity contribution >= 4 is 11.0 Å². The molecule has 0 aliphatic heterocycles. The predicted octanol–water partition coefficient (Wildman–Crippen LogP) is 3.94. The molecule has 0 bridgehead atoms. The van der Waals surface area contributed by atoms with Crippen molar-refractivity contribution in [1.29, 1.82) is 0 Å². The van der Waals surface area contributed by atoms with Crippen LogP contribution in [0.5, 0.6) is 0 Å². The van der Waals surface area contributed by atoms with E-state index < -0.39 is 0 Å². The number of fused-ring (bicyclic) bond motifs is 1. The molecule has 2 rings (SSSR count). The lowest BCUT2D eigenvalue weighted by molar-refractivity contribution is 0.412. The van der Waals surface area contributed by atoms with Crippen molar-refractivity contribution in [2.75, 3.05) is 6.54 Å². The van der Waals surface area contributed by atoms with E-state index in [-0.39, 0.29) is 0 Å². The lowest BCUT2D eigenvalue weighted by Crippen LogP contribution is -2.29. The minimum Gasteiger partial charge on any atom is -0.325 e. The third kappa shape index (κ3) is 3.21. The van der Waals surface area contributed by atoms with E-state index in [1.165, 1.54) is 17.8 Å². The van der Waals surface area contributed by atoms with Gasteiger partial charge in [0.25, 0.3) is 0 Å². The zero-order chi connectivity index (χ0) is 14.5. The molecule has 0 aliphatic rings. The third-order valence-electron chi connectivity index (χ3n) is 3.86. The standard InChI is InChI=1S/C17H27N3/c1-5-11-18-13(3)12-14(4)20-16-10-8-7-9-15(16)19-17(20)6-2/h7-10,13-14,18H,5-6,11-12H2,1-4H3. The first-order chi connectivity index (χ1) is 9.67. The molecule has 1 aromatic carbocycles. The van der Waals surface area contributed by atoms with Gasteiger partial charge in [0, 0.05) is 18.5 Å². The summed E-state index contributed by atoms with van der Waals surface area (Å²) in [5.74, 6) is 1.20. The average Bonchev–Trinajstić information content (AvgIpc) is 2.83. The Morgan fingerprint density at radius 1 is 1.20 bits per heavy atom. The monoisotopic (exact) mass is 273 g/mol. The minimum absolute atomic E-state index is 0.469. The highest BCUT2D eigenvalue weighted by atomic mass is 15.1. The Kier molecular flexibility index (Phi) is 5.18. The lowest BCUT2D eigenvalue weighted by atomic mass is 10.1. The number of nitrogens with zero attached hydrogens (tertiary/aromatic N) is 2. The summed E-state index contributed by atoms with van der Waals surface area (Å²) in [7, 11) is 0. The molecule has 0 radical (unpaired) electrons. The summed E-state index contributed by atoms with van der Waals surface area (Å²) in [5.41, 5.74) is 2.38. The number of benzene rings is 1. The second-order valence-corrected chi connectivity index (χ2v) is 5.68. The van der Waals surface area contributed by atoms with Crippen LogP contribution in [0.25, 0.3) is 11.0 Å². The Labute approximate surface area is 122 Å². The molecule has 0 amide bonds. The van der Waals surface area contributed by atoms with Gasteiger partial charge in [-0.15, -0.1) is 0 Å². The van der Waals surface area contributed by atoms with E-state index in [4.69, 9.17) is 4.98 Å². The van der Waals surface area contributed by atoms with E-state index in [1.54, 1.807) is 0 Å². The van der Waals surface area contributed by atoms with Crippen molar-refractivity contribution in [3.8, 4) is 0 Å². The van der Waals surface area contributed by atoms with Gasteiger partial charge in [-0.25, -0.2) is 4.98 Å². The second kappa shape index (κ2) is 6.89. The fraction of sp³-hybridized carbons (Fsp3) is 0.588. The number of hydrogen-bond acceptors (Lipinski definition) is 2. The summed E-state index contributed by atoms with van der Waals surface area (Å²) in [6, 6.07) is 9.46. The lowest BCUT2D eigenvalue weighted by Gasteiger charge is -2.22. The number of imidazole rings is 1. The first-order valence-electron chi connectivity index (χ1n) is 7.86. The Morgan fingerprint density at radius 2 is 1.95 bits per heavy atom. The number of aromatic nitrogens is 2. The molecule has 0 fully saturated rings. The number of nitrogens with one attached hydrogen (secondary N) is 1. The van der Waals surface area contributed by atoms with Gasteiger partial charge in [0.1, 0.15) is 5.82 Å². The minimum atomic E-state index is 0.469. The fourth-order valence-electron chi connectivity index (χ4n) is 2.93. The maximum absolute atomic E-state index is 4.76. The highest BCUT2D eigenvalue weighted by molar-refractivity contribution is 5.76. The van der Waals surface area contributed by atoms with Crippen LogP contribution in [0, 0.1) is 0 Å². The maximum atomic E-state index is 4.76. The van der Waals surface area contributed by atoms with Crippen LogP contribution in [0.15, 0.2) is 24.3 Å². The van der Waals surface area contributed by atoms with E-state index in [0.29, 0.717) is 12.1 Å². The highest BCUT2D eigenvalue weighted by Crippen LogP contribution is 2.24. The molecule has 1 N–H and O–H groups in total. The van der Waals surface area contributed by atoms with Crippen LogP contribution in [-0.4, -0.2) is 22.1 Å². The van der Waals surface area contributed by atoms with Crippen molar-refractivity contribution < 1.29 is 0 Å². The SMILES string of the molecule is CCCNC(C)CC(C)n1c(CC)nc2ccccc21. The van der Waals surface area contributed by atoms with Gasteiger partial charge in [0.05, 0.1) is 11.0 Å². The van der Waals surface area contributed by atoms with Crippen molar-refractivity contribution in [2.24, 2.45) is 0 Å². The van der Waals surface area contributed by atoms with Crippen molar-refractivity contribution in [1.82, 2.24) is 14.9 Å². The summed E-state index contributed by atoms with van der Waals surface area (Å²) in [6.07, 6.45) is 3.30. The molecule has 0 spiro atoms. The van der Waals surface area contributed by atoms with Crippen molar-refractivity contribution in [3.05, 3.63) is 30.1 Å². The van der Waals surface area contributed by atoms with Crippen LogP contribution in [0.3, 0.4) is 0 Å². The van der Waals surface area contributed by atoms with Crippen LogP contribution in [-0.2, 0) is 6.42 Å². The van der Waals surface area contributed by atoms with Crippen LogP contribution in [0.2, 0.25) is 0 Å². The smallest absolute Gasteiger partial charge is 0.109 e. The molecule has 0 saturated carbocycles. The van der Waals surface area contributed by atoms with Crippen LogP contribution in [0.4, 0.5) is 0 Å². The first-order valence-corrected chi connectivity index (χ1v) is 7.86. The Hall–Kier alpha value is -1.35. The van der Waals surface area contributed by atoms with Gasteiger partial charge < -0.3 is 9.88 Å². The molecule has 3 nitrogen and oxygen atoms in total. The molecule has 2 atom stereocenters. The van der Waals surface area contributed by atoms with Gasteiger partial charge in [0.15, 0.2) is 0 Å². The van der Waals surface area contributed by atoms with Gasteiger partial charge in [-0.3, -0.25) is 0 Å². The Balaban J connectivity index is 2.22. The molecular formula is C17H27N3. The molecule has 0 saturated heterocycles. The third-order valence-corrected chi connectivity index (χ3v) is 3.86. The molecule has 1 heterocycles.